The van der Waals surface area contributed by atoms with E-state index in [4.69, 9.17) is 0 Å². The third-order valence-corrected chi connectivity index (χ3v) is 9.16. The van der Waals surface area contributed by atoms with E-state index in [2.05, 4.69) is 61.9 Å². The standard InChI is InChI=1S/C13H20BIOP/c1-11(2)9-14-17(15)13(3,10-16)12-7-5-4-6-8-12/h4-8,11,16H,9-10H2,1-3H3. The van der Waals surface area contributed by atoms with Crippen molar-refractivity contribution in [3.63, 3.8) is 0 Å². The molecule has 0 aliphatic carbocycles. The molecule has 0 aromatic heterocycles. The lowest BCUT2D eigenvalue weighted by atomic mass is 9.92. The summed E-state index contributed by atoms with van der Waals surface area (Å²) in [6.45, 7) is 9.23. The van der Waals surface area contributed by atoms with Crippen molar-refractivity contribution in [2.75, 3.05) is 6.61 Å². The van der Waals surface area contributed by atoms with Gasteiger partial charge in [-0.05, 0) is 12.5 Å². The molecule has 1 aromatic rings. The molecule has 0 aliphatic heterocycles. The van der Waals surface area contributed by atoms with Gasteiger partial charge in [-0.2, -0.15) is 0 Å². The van der Waals surface area contributed by atoms with Crippen molar-refractivity contribution in [3.8, 4) is 0 Å². The van der Waals surface area contributed by atoms with Crippen LogP contribution >= 0.6 is 27.5 Å². The van der Waals surface area contributed by atoms with Crippen molar-refractivity contribution in [2.45, 2.75) is 32.2 Å². The van der Waals surface area contributed by atoms with Crippen LogP contribution in [0.5, 0.6) is 0 Å². The summed E-state index contributed by atoms with van der Waals surface area (Å²) in [5, 5.41) is 9.65. The molecule has 0 spiro atoms. The zero-order valence-corrected chi connectivity index (χ0v) is 13.8. The first-order valence-corrected chi connectivity index (χ1v) is 10.1. The fourth-order valence-corrected chi connectivity index (χ4v) is 5.10. The molecule has 0 fully saturated rings. The van der Waals surface area contributed by atoms with Crippen LogP contribution in [0.15, 0.2) is 30.3 Å². The molecule has 17 heavy (non-hydrogen) atoms. The largest absolute Gasteiger partial charge is 0.395 e. The zero-order valence-electron chi connectivity index (χ0n) is 10.7. The molecule has 0 amide bonds. The van der Waals surface area contributed by atoms with Gasteiger partial charge in [0.2, 0.25) is 0 Å². The molecule has 0 aliphatic rings. The van der Waals surface area contributed by atoms with E-state index in [0.717, 1.165) is 6.32 Å². The second-order valence-electron chi connectivity index (χ2n) is 4.92. The third-order valence-electron chi connectivity index (χ3n) is 2.91. The van der Waals surface area contributed by atoms with Crippen LogP contribution in [0.4, 0.5) is 0 Å². The van der Waals surface area contributed by atoms with Crippen LogP contribution in [-0.2, 0) is 5.16 Å². The predicted molar refractivity (Wildman–Crippen MR) is 87.2 cm³/mol. The SMILES string of the molecule is CC(C)C[B]P(I)C(C)(CO)c1ccccc1. The van der Waals surface area contributed by atoms with Gasteiger partial charge in [-0.3, -0.25) is 0 Å². The van der Waals surface area contributed by atoms with E-state index in [1.54, 1.807) is 0 Å². The molecule has 2 unspecified atom stereocenters. The molecule has 2 atom stereocenters. The highest BCUT2D eigenvalue weighted by Gasteiger charge is 2.33. The summed E-state index contributed by atoms with van der Waals surface area (Å²) in [4.78, 5) is 0. The average molecular weight is 361 g/mol. The highest BCUT2D eigenvalue weighted by molar-refractivity contribution is 14.2. The number of benzene rings is 1. The van der Waals surface area contributed by atoms with Gasteiger partial charge in [0.1, 0.15) is 0 Å². The number of aliphatic hydroxyl groups excluding tert-OH is 1. The van der Waals surface area contributed by atoms with E-state index in [0.29, 0.717) is 5.92 Å². The highest BCUT2D eigenvalue weighted by Crippen LogP contribution is 2.61. The molecule has 0 saturated carbocycles. The molecule has 1 nitrogen and oxygen atoms in total. The van der Waals surface area contributed by atoms with Gasteiger partial charge in [-0.1, -0.05) is 83.9 Å². The first kappa shape index (κ1) is 15.5. The van der Waals surface area contributed by atoms with E-state index in [-0.39, 0.29) is 17.2 Å². The minimum Gasteiger partial charge on any atom is -0.395 e. The van der Waals surface area contributed by atoms with Gasteiger partial charge >= 0.3 is 0 Å². The summed E-state index contributed by atoms with van der Waals surface area (Å²) in [6, 6.07) is 10.4. The predicted octanol–water partition coefficient (Wildman–Crippen LogP) is 4.42. The van der Waals surface area contributed by atoms with Crippen molar-refractivity contribution in [3.05, 3.63) is 35.9 Å². The Morgan fingerprint density at radius 2 is 1.94 bits per heavy atom. The van der Waals surface area contributed by atoms with Crippen LogP contribution < -0.4 is 0 Å². The van der Waals surface area contributed by atoms with E-state index in [9.17, 15) is 5.11 Å². The zero-order chi connectivity index (χ0) is 12.9. The summed E-state index contributed by atoms with van der Waals surface area (Å²) >= 11 is 2.51. The summed E-state index contributed by atoms with van der Waals surface area (Å²) < 4.78 is 0. The minimum absolute atomic E-state index is 0.119. The Hall–Kier alpha value is 0.405. The Kier molecular flexibility index (Phi) is 6.46. The maximum absolute atomic E-state index is 9.77. The van der Waals surface area contributed by atoms with Crippen molar-refractivity contribution in [1.29, 1.82) is 0 Å². The summed E-state index contributed by atoms with van der Waals surface area (Å²) in [6.07, 6.45) is 1.12. The van der Waals surface area contributed by atoms with E-state index in [1.165, 1.54) is 5.56 Å². The van der Waals surface area contributed by atoms with Crippen molar-refractivity contribution in [2.24, 2.45) is 5.92 Å². The summed E-state index contributed by atoms with van der Waals surface area (Å²) in [5.74, 6) is 0.688. The minimum atomic E-state index is -0.340. The quantitative estimate of drug-likeness (QED) is 0.452. The molecular formula is C13H20BIOP. The van der Waals surface area contributed by atoms with Gasteiger partial charge in [0.15, 0.2) is 7.00 Å². The Morgan fingerprint density at radius 1 is 1.35 bits per heavy atom. The van der Waals surface area contributed by atoms with Gasteiger partial charge in [0.25, 0.3) is 0 Å². The molecular weight excluding hydrogens is 341 g/mol. The third kappa shape index (κ3) is 4.22. The lowest BCUT2D eigenvalue weighted by Crippen LogP contribution is -2.24. The highest BCUT2D eigenvalue weighted by atomic mass is 127. The van der Waals surface area contributed by atoms with Crippen LogP contribution in [0.1, 0.15) is 26.3 Å². The average Bonchev–Trinajstić information content (AvgIpc) is 2.35. The van der Waals surface area contributed by atoms with Crippen molar-refractivity contribution in [1.82, 2.24) is 0 Å². The Balaban J connectivity index is 2.81. The van der Waals surface area contributed by atoms with Gasteiger partial charge in [-0.15, -0.1) is 0 Å². The fraction of sp³-hybridized carbons (Fsp3) is 0.538. The topological polar surface area (TPSA) is 20.2 Å². The summed E-state index contributed by atoms with van der Waals surface area (Å²) in [7, 11) is 0. The van der Waals surface area contributed by atoms with Crippen molar-refractivity contribution >= 4 is 34.5 Å². The van der Waals surface area contributed by atoms with Gasteiger partial charge in [0, 0.05) is 5.16 Å². The van der Waals surface area contributed by atoms with Gasteiger partial charge in [-0.25, -0.2) is 0 Å². The van der Waals surface area contributed by atoms with Crippen LogP contribution in [-0.4, -0.2) is 18.7 Å². The fourth-order valence-electron chi connectivity index (χ4n) is 1.58. The molecule has 1 rings (SSSR count). The monoisotopic (exact) mass is 361 g/mol. The molecule has 4 heteroatoms. The molecule has 1 N–H and O–H groups in total. The van der Waals surface area contributed by atoms with Gasteiger partial charge in [0.05, 0.1) is 6.61 Å². The summed E-state index contributed by atoms with van der Waals surface area (Å²) in [5.41, 5.74) is 0.899. The van der Waals surface area contributed by atoms with E-state index < -0.39 is 0 Å². The smallest absolute Gasteiger partial charge is 0.161 e. The second-order valence-corrected chi connectivity index (χ2v) is 10.0. The molecule has 0 bridgehead atoms. The van der Waals surface area contributed by atoms with Crippen molar-refractivity contribution < 1.29 is 5.11 Å². The number of hydrogen-bond donors (Lipinski definition) is 1. The normalized spacial score (nSPS) is 16.6. The molecule has 1 radical (unpaired) electrons. The Labute approximate surface area is 120 Å². The lowest BCUT2D eigenvalue weighted by Gasteiger charge is -2.34. The Morgan fingerprint density at radius 3 is 2.41 bits per heavy atom. The van der Waals surface area contributed by atoms with Crippen LogP contribution in [0.2, 0.25) is 6.32 Å². The lowest BCUT2D eigenvalue weighted by molar-refractivity contribution is 0.256. The number of aliphatic hydroxyl groups is 1. The van der Waals surface area contributed by atoms with E-state index >= 15 is 0 Å². The number of hydrogen-bond acceptors (Lipinski definition) is 1. The Bertz CT molecular complexity index is 333. The first-order valence-electron chi connectivity index (χ1n) is 5.95. The molecule has 93 valence electrons. The molecule has 1 aromatic carbocycles. The van der Waals surface area contributed by atoms with Gasteiger partial charge < -0.3 is 5.11 Å². The van der Waals surface area contributed by atoms with Crippen LogP contribution in [0.3, 0.4) is 0 Å². The molecule has 0 saturated heterocycles. The number of rotatable bonds is 6. The number of halogens is 1. The second kappa shape index (κ2) is 7.11. The van der Waals surface area contributed by atoms with Crippen LogP contribution in [0.25, 0.3) is 0 Å². The molecule has 0 heterocycles. The van der Waals surface area contributed by atoms with E-state index in [1.807, 2.05) is 18.2 Å². The maximum atomic E-state index is 9.77. The maximum Gasteiger partial charge on any atom is 0.161 e. The first-order chi connectivity index (χ1) is 8.00. The van der Waals surface area contributed by atoms with Crippen LogP contribution in [0, 0.1) is 5.92 Å².